The number of aliphatic imine (C=N–C) groups is 1. The number of nitrogens with zero attached hydrogens (tertiary/aromatic N) is 2. The molecule has 1 aromatic heterocycles. The van der Waals surface area contributed by atoms with Crippen LogP contribution in [0.4, 0.5) is 5.82 Å². The summed E-state index contributed by atoms with van der Waals surface area (Å²) in [7, 11) is -4.08. The van der Waals surface area contributed by atoms with Gasteiger partial charge in [0.25, 0.3) is 10.0 Å². The Balaban J connectivity index is 0.00000392. The van der Waals surface area contributed by atoms with Crippen molar-refractivity contribution < 1.29 is 18.3 Å². The first-order valence-electron chi connectivity index (χ1n) is 7.71. The van der Waals surface area contributed by atoms with Crippen molar-refractivity contribution in [3.63, 3.8) is 0 Å². The zero-order valence-electron chi connectivity index (χ0n) is 14.9. The third-order valence-electron chi connectivity index (χ3n) is 3.62. The molecule has 0 aliphatic heterocycles. The van der Waals surface area contributed by atoms with Gasteiger partial charge in [-0.05, 0) is 18.1 Å². The number of nitrogens with one attached hydrogen (secondary N) is 2. The first-order chi connectivity index (χ1) is 12.5. The molecule has 0 saturated carbocycles. The van der Waals surface area contributed by atoms with Crippen molar-refractivity contribution in [3.8, 4) is 0 Å². The fourth-order valence-electron chi connectivity index (χ4n) is 2.27. The topological polar surface area (TPSA) is 173 Å². The Labute approximate surface area is 172 Å². The van der Waals surface area contributed by atoms with E-state index in [1.54, 1.807) is 13.8 Å². The lowest BCUT2D eigenvalue weighted by atomic mass is 10.1. The number of hydrazine groups is 1. The Bertz CT molecular complexity index is 1010. The van der Waals surface area contributed by atoms with Gasteiger partial charge in [-0.25, -0.2) is 18.8 Å². The average Bonchev–Trinajstić information content (AvgIpc) is 2.56. The van der Waals surface area contributed by atoms with Crippen molar-refractivity contribution in [1.29, 1.82) is 0 Å². The van der Waals surface area contributed by atoms with E-state index in [0.29, 0.717) is 15.8 Å². The van der Waals surface area contributed by atoms with Crippen molar-refractivity contribution in [3.05, 3.63) is 29.4 Å². The maximum Gasteiger partial charge on any atom is 0.322 e. The quantitative estimate of drug-likeness (QED) is 0.236. The molecule has 13 heteroatoms. The summed E-state index contributed by atoms with van der Waals surface area (Å²) in [6, 6.07) is 3.00. The van der Waals surface area contributed by atoms with E-state index in [9.17, 15) is 13.2 Å². The van der Waals surface area contributed by atoms with Crippen LogP contribution in [0.1, 0.15) is 13.8 Å². The number of guanidine groups is 1. The van der Waals surface area contributed by atoms with Crippen LogP contribution in [0.5, 0.6) is 0 Å². The van der Waals surface area contributed by atoms with Gasteiger partial charge < -0.3 is 16.6 Å². The van der Waals surface area contributed by atoms with Crippen molar-refractivity contribution in [2.24, 2.45) is 22.4 Å². The van der Waals surface area contributed by atoms with E-state index in [1.807, 2.05) is 0 Å². The molecule has 0 amide bonds. The summed E-state index contributed by atoms with van der Waals surface area (Å²) in [6.07, 6.45) is 1.35. The predicted octanol–water partition coefficient (Wildman–Crippen LogP) is 1.11. The van der Waals surface area contributed by atoms with Crippen LogP contribution in [0.2, 0.25) is 5.02 Å². The average molecular weight is 451 g/mol. The van der Waals surface area contributed by atoms with Gasteiger partial charge in [0.15, 0.2) is 11.8 Å². The monoisotopic (exact) mass is 450 g/mol. The third-order valence-corrected chi connectivity index (χ3v) is 5.18. The predicted molar refractivity (Wildman–Crippen MR) is 109 cm³/mol. The van der Waals surface area contributed by atoms with E-state index in [0.717, 1.165) is 0 Å². The lowest BCUT2D eigenvalue weighted by Crippen LogP contribution is -2.50. The SMILES string of the molecule is CC(C)[C@@H](NNS(=O)(=O)c1ccc2c(Cl)cnc(N=C(N)N)c2c1)C(=O)O.Cl. The molecule has 154 valence electrons. The number of carbonyl (C=O) groups is 1. The van der Waals surface area contributed by atoms with E-state index >= 15 is 0 Å². The number of fused-ring (bicyclic) bond motifs is 1. The number of nitrogens with two attached hydrogens (primary N) is 2. The maximum atomic E-state index is 12.5. The zero-order valence-corrected chi connectivity index (χ0v) is 17.3. The highest BCUT2D eigenvalue weighted by Crippen LogP contribution is 2.31. The van der Waals surface area contributed by atoms with Gasteiger partial charge in [-0.3, -0.25) is 4.79 Å². The number of benzene rings is 1. The second-order valence-electron chi connectivity index (χ2n) is 5.98. The highest BCUT2D eigenvalue weighted by Gasteiger charge is 2.24. The molecule has 0 unspecified atom stereocenters. The smallest absolute Gasteiger partial charge is 0.322 e. The lowest BCUT2D eigenvalue weighted by molar-refractivity contribution is -0.140. The van der Waals surface area contributed by atoms with Crippen LogP contribution in [0, 0.1) is 5.92 Å². The second kappa shape index (κ2) is 9.34. The van der Waals surface area contributed by atoms with E-state index in [-0.39, 0.29) is 35.0 Å². The number of carboxylic acid groups (broad SMARTS) is 1. The van der Waals surface area contributed by atoms with E-state index in [4.69, 9.17) is 28.2 Å². The van der Waals surface area contributed by atoms with E-state index in [2.05, 4.69) is 20.2 Å². The number of rotatable bonds is 7. The summed E-state index contributed by atoms with van der Waals surface area (Å²) in [5.74, 6) is -1.68. The van der Waals surface area contributed by atoms with Crippen molar-refractivity contribution in [2.45, 2.75) is 24.8 Å². The fraction of sp³-hybridized carbons (Fsp3) is 0.267. The minimum absolute atomic E-state index is 0. The van der Waals surface area contributed by atoms with E-state index < -0.39 is 22.0 Å². The third kappa shape index (κ3) is 5.42. The highest BCUT2D eigenvalue weighted by molar-refractivity contribution is 7.89. The second-order valence-corrected chi connectivity index (χ2v) is 8.07. The van der Waals surface area contributed by atoms with Crippen LogP contribution in [0.3, 0.4) is 0 Å². The van der Waals surface area contributed by atoms with Crippen LogP contribution >= 0.6 is 24.0 Å². The fourth-order valence-corrected chi connectivity index (χ4v) is 3.40. The summed E-state index contributed by atoms with van der Waals surface area (Å²) in [5.41, 5.74) is 13.1. The molecule has 1 atom stereocenters. The molecule has 0 fully saturated rings. The van der Waals surface area contributed by atoms with Crippen LogP contribution < -0.4 is 21.7 Å². The molecule has 0 bridgehead atoms. The molecule has 10 nitrogen and oxygen atoms in total. The lowest BCUT2D eigenvalue weighted by Gasteiger charge is -2.18. The molecule has 0 aliphatic rings. The minimum atomic E-state index is -4.08. The number of hydrogen-bond acceptors (Lipinski definition) is 6. The summed E-state index contributed by atoms with van der Waals surface area (Å²) >= 11 is 6.09. The largest absolute Gasteiger partial charge is 0.480 e. The van der Waals surface area contributed by atoms with Crippen LogP contribution in [0.25, 0.3) is 10.8 Å². The summed E-state index contributed by atoms with van der Waals surface area (Å²) in [6.45, 7) is 3.29. The Kier molecular flexibility index (Phi) is 7.96. The summed E-state index contributed by atoms with van der Waals surface area (Å²) in [5, 5.41) is 10.3. The Morgan fingerprint density at radius 3 is 2.46 bits per heavy atom. The van der Waals surface area contributed by atoms with Crippen LogP contribution in [-0.4, -0.2) is 36.5 Å². The van der Waals surface area contributed by atoms with Gasteiger partial charge >= 0.3 is 5.97 Å². The van der Waals surface area contributed by atoms with Gasteiger partial charge in [0, 0.05) is 17.0 Å². The van der Waals surface area contributed by atoms with Gasteiger partial charge in [-0.1, -0.05) is 31.5 Å². The van der Waals surface area contributed by atoms with Gasteiger partial charge in [0.05, 0.1) is 9.92 Å². The Hall–Kier alpha value is -2.18. The normalized spacial score (nSPS) is 12.4. The molecule has 7 N–H and O–H groups in total. The van der Waals surface area contributed by atoms with Crippen molar-refractivity contribution in [1.82, 2.24) is 15.2 Å². The van der Waals surface area contributed by atoms with Crippen LogP contribution in [0.15, 0.2) is 34.3 Å². The van der Waals surface area contributed by atoms with Gasteiger partial charge in [0.2, 0.25) is 0 Å². The number of hydrogen-bond donors (Lipinski definition) is 5. The number of carboxylic acids is 1. The van der Waals surface area contributed by atoms with Gasteiger partial charge in [-0.2, -0.15) is 4.99 Å². The molecule has 0 saturated heterocycles. The number of halogens is 2. The van der Waals surface area contributed by atoms with Crippen molar-refractivity contribution >= 4 is 62.6 Å². The first-order valence-corrected chi connectivity index (χ1v) is 9.57. The van der Waals surface area contributed by atoms with Gasteiger partial charge in [-0.15, -0.1) is 17.2 Å². The highest BCUT2D eigenvalue weighted by atomic mass is 35.5. The molecule has 1 aromatic carbocycles. The molecule has 1 heterocycles. The zero-order chi connectivity index (χ0) is 20.4. The first kappa shape index (κ1) is 23.9. The van der Waals surface area contributed by atoms with Crippen molar-refractivity contribution in [2.75, 3.05) is 0 Å². The number of aromatic nitrogens is 1. The van der Waals surface area contributed by atoms with E-state index in [1.165, 1.54) is 24.4 Å². The summed E-state index contributed by atoms with van der Waals surface area (Å²) in [4.78, 5) is 21.0. The van der Waals surface area contributed by atoms with Gasteiger partial charge in [0.1, 0.15) is 6.04 Å². The molecular weight excluding hydrogens is 431 g/mol. The maximum absolute atomic E-state index is 12.5. The van der Waals surface area contributed by atoms with Crippen LogP contribution in [-0.2, 0) is 14.8 Å². The Morgan fingerprint density at radius 2 is 1.93 bits per heavy atom. The number of aliphatic carboxylic acids is 1. The molecular formula is C15H20Cl2N6O4S. The Morgan fingerprint density at radius 1 is 1.29 bits per heavy atom. The minimum Gasteiger partial charge on any atom is -0.480 e. The molecule has 0 aliphatic carbocycles. The molecule has 2 rings (SSSR count). The molecule has 0 radical (unpaired) electrons. The summed E-state index contributed by atoms with van der Waals surface area (Å²) < 4.78 is 25.1. The molecule has 0 spiro atoms. The number of sulfonamides is 1. The molecule has 28 heavy (non-hydrogen) atoms. The molecule has 2 aromatic rings. The standard InChI is InChI=1S/C15H19ClN6O4S.ClH/c1-7(2)12(14(23)24)21-22-27(25,26)8-3-4-9-10(5-8)13(20-15(17)18)19-6-11(9)16;/h3-7,12,21-22H,1-2H3,(H,23,24)(H4,17,18,19,20);1H/t12-;/m1./s1. The number of pyridine rings is 1.